The third kappa shape index (κ3) is 3.47. The predicted octanol–water partition coefficient (Wildman–Crippen LogP) is -0.338. The van der Waals surface area contributed by atoms with Crippen molar-refractivity contribution < 1.29 is 9.64 Å². The molecule has 2 aliphatic heterocycles. The minimum atomic E-state index is -0.303. The lowest BCUT2D eigenvalue weighted by molar-refractivity contribution is -0.908. The molecule has 3 aromatic rings. The Bertz CT molecular complexity index is 1220. The molecule has 31 heavy (non-hydrogen) atoms. The lowest BCUT2D eigenvalue weighted by Gasteiger charge is -2.29. The number of rotatable bonds is 4. The number of ether oxygens (including phenoxy) is 1. The first kappa shape index (κ1) is 20.0. The van der Waals surface area contributed by atoms with Gasteiger partial charge in [0.2, 0.25) is 5.95 Å². The molecule has 5 rings (SSSR count). The molecule has 1 saturated heterocycles. The molecule has 9 nitrogen and oxygen atoms in total. The second-order valence-electron chi connectivity index (χ2n) is 8.49. The van der Waals surface area contributed by atoms with Crippen LogP contribution in [-0.2, 0) is 24.9 Å². The van der Waals surface area contributed by atoms with Crippen molar-refractivity contribution in [2.45, 2.75) is 26.4 Å². The Morgan fingerprint density at radius 2 is 1.84 bits per heavy atom. The van der Waals surface area contributed by atoms with Crippen molar-refractivity contribution in [2.24, 2.45) is 7.05 Å². The van der Waals surface area contributed by atoms with Gasteiger partial charge in [-0.2, -0.15) is 4.98 Å². The fourth-order valence-electron chi connectivity index (χ4n) is 4.61. The van der Waals surface area contributed by atoms with E-state index >= 15 is 0 Å². The monoisotopic (exact) mass is 425 g/mol. The standard InChI is InChI=1S/C22H28N6O3/c1-16-4-6-17(7-5-16)26-8-3-9-27-18-19(23-21(26)27)24(2)22(30)28(20(18)29)11-10-25-12-14-31-15-13-25/h4-7H,3,8-15H2,1-2H3/p+1. The molecule has 164 valence electrons. The number of morpholine rings is 1. The molecule has 1 aromatic carbocycles. The number of nitrogens with one attached hydrogen (secondary N) is 1. The highest BCUT2D eigenvalue weighted by Gasteiger charge is 2.27. The van der Waals surface area contributed by atoms with E-state index in [0.29, 0.717) is 17.7 Å². The van der Waals surface area contributed by atoms with E-state index in [1.54, 1.807) is 7.05 Å². The number of anilines is 2. The van der Waals surface area contributed by atoms with Gasteiger partial charge in [-0.25, -0.2) is 4.79 Å². The average Bonchev–Trinajstić information content (AvgIpc) is 3.19. The fourth-order valence-corrected chi connectivity index (χ4v) is 4.61. The molecule has 0 amide bonds. The van der Waals surface area contributed by atoms with Gasteiger partial charge in [-0.15, -0.1) is 0 Å². The molecule has 0 saturated carbocycles. The topological polar surface area (TPSA) is 78.7 Å². The normalized spacial score (nSPS) is 17.3. The lowest BCUT2D eigenvalue weighted by atomic mass is 10.2. The first-order valence-corrected chi connectivity index (χ1v) is 11.0. The van der Waals surface area contributed by atoms with Crippen molar-refractivity contribution in [2.75, 3.05) is 44.3 Å². The van der Waals surface area contributed by atoms with Gasteiger partial charge in [-0.05, 0) is 25.5 Å². The van der Waals surface area contributed by atoms with Crippen LogP contribution in [0.4, 0.5) is 11.6 Å². The van der Waals surface area contributed by atoms with Gasteiger partial charge in [-0.3, -0.25) is 13.9 Å². The maximum Gasteiger partial charge on any atom is 0.332 e. The molecular weight excluding hydrogens is 396 g/mol. The van der Waals surface area contributed by atoms with Crippen LogP contribution in [-0.4, -0.2) is 58.1 Å². The molecule has 0 bridgehead atoms. The number of hydrogen-bond acceptors (Lipinski definition) is 5. The van der Waals surface area contributed by atoms with Gasteiger partial charge in [0.05, 0.1) is 26.3 Å². The number of aromatic nitrogens is 4. The van der Waals surface area contributed by atoms with E-state index < -0.39 is 0 Å². The van der Waals surface area contributed by atoms with E-state index in [9.17, 15) is 9.59 Å². The third-order valence-corrected chi connectivity index (χ3v) is 6.45. The zero-order chi connectivity index (χ0) is 21.5. The van der Waals surface area contributed by atoms with Crippen LogP contribution in [0.25, 0.3) is 11.2 Å². The van der Waals surface area contributed by atoms with Gasteiger partial charge in [0.1, 0.15) is 13.1 Å². The third-order valence-electron chi connectivity index (χ3n) is 6.45. The van der Waals surface area contributed by atoms with Crippen LogP contribution in [0.1, 0.15) is 12.0 Å². The van der Waals surface area contributed by atoms with Gasteiger partial charge in [0.15, 0.2) is 11.2 Å². The maximum absolute atomic E-state index is 13.4. The summed E-state index contributed by atoms with van der Waals surface area (Å²) in [5.74, 6) is 0.730. The summed E-state index contributed by atoms with van der Waals surface area (Å²) < 4.78 is 10.3. The van der Waals surface area contributed by atoms with E-state index in [2.05, 4.69) is 36.1 Å². The number of benzene rings is 1. The summed E-state index contributed by atoms with van der Waals surface area (Å²) in [6.45, 7) is 8.02. The molecule has 0 spiro atoms. The highest BCUT2D eigenvalue weighted by molar-refractivity contribution is 5.77. The van der Waals surface area contributed by atoms with E-state index in [0.717, 1.165) is 64.0 Å². The van der Waals surface area contributed by atoms with E-state index in [1.165, 1.54) is 19.6 Å². The highest BCUT2D eigenvalue weighted by Crippen LogP contribution is 2.30. The highest BCUT2D eigenvalue weighted by atomic mass is 16.5. The Labute approximate surface area is 180 Å². The summed E-state index contributed by atoms with van der Waals surface area (Å²) >= 11 is 0. The van der Waals surface area contributed by atoms with Crippen molar-refractivity contribution in [1.29, 1.82) is 0 Å². The van der Waals surface area contributed by atoms with E-state index in [-0.39, 0.29) is 11.2 Å². The first-order valence-electron chi connectivity index (χ1n) is 11.0. The summed E-state index contributed by atoms with van der Waals surface area (Å²) in [5.41, 5.74) is 2.67. The molecule has 9 heteroatoms. The number of fused-ring (bicyclic) bond motifs is 3. The smallest absolute Gasteiger partial charge is 0.332 e. The van der Waals surface area contributed by atoms with Crippen LogP contribution in [0.15, 0.2) is 33.9 Å². The summed E-state index contributed by atoms with van der Waals surface area (Å²) in [5, 5.41) is 0. The minimum Gasteiger partial charge on any atom is -0.370 e. The molecule has 0 radical (unpaired) electrons. The average molecular weight is 426 g/mol. The summed E-state index contributed by atoms with van der Waals surface area (Å²) in [4.78, 5) is 34.7. The Balaban J connectivity index is 1.57. The molecule has 4 heterocycles. The Hall–Kier alpha value is -2.91. The number of aryl methyl sites for hydroxylation is 3. The Morgan fingerprint density at radius 3 is 2.58 bits per heavy atom. The molecule has 0 aliphatic carbocycles. The maximum atomic E-state index is 13.4. The first-order chi connectivity index (χ1) is 15.0. The number of nitrogens with zero attached hydrogens (tertiary/aromatic N) is 5. The zero-order valence-electron chi connectivity index (χ0n) is 18.1. The Kier molecular flexibility index (Phi) is 5.15. The molecule has 2 aliphatic rings. The Morgan fingerprint density at radius 1 is 1.10 bits per heavy atom. The van der Waals surface area contributed by atoms with Gasteiger partial charge >= 0.3 is 5.69 Å². The largest absolute Gasteiger partial charge is 0.370 e. The summed E-state index contributed by atoms with van der Waals surface area (Å²) in [6.07, 6.45) is 0.909. The van der Waals surface area contributed by atoms with Crippen LogP contribution < -0.4 is 21.0 Å². The van der Waals surface area contributed by atoms with Gasteiger partial charge in [0.25, 0.3) is 5.56 Å². The number of hydrogen-bond donors (Lipinski definition) is 1. The van der Waals surface area contributed by atoms with Crippen LogP contribution in [0.3, 0.4) is 0 Å². The second kappa shape index (κ2) is 7.97. The van der Waals surface area contributed by atoms with E-state index in [4.69, 9.17) is 9.72 Å². The molecule has 0 atom stereocenters. The molecule has 2 aromatic heterocycles. The summed E-state index contributed by atoms with van der Waals surface area (Å²) in [7, 11) is 1.71. The van der Waals surface area contributed by atoms with Crippen molar-refractivity contribution in [3.63, 3.8) is 0 Å². The van der Waals surface area contributed by atoms with Gasteiger partial charge in [0, 0.05) is 25.8 Å². The molecule has 1 fully saturated rings. The predicted molar refractivity (Wildman–Crippen MR) is 118 cm³/mol. The lowest BCUT2D eigenvalue weighted by Crippen LogP contribution is -3.14. The number of quaternary nitrogens is 1. The zero-order valence-corrected chi connectivity index (χ0v) is 18.1. The van der Waals surface area contributed by atoms with Gasteiger partial charge < -0.3 is 19.1 Å². The van der Waals surface area contributed by atoms with E-state index in [1.807, 2.05) is 4.57 Å². The molecule has 0 unspecified atom stereocenters. The second-order valence-corrected chi connectivity index (χ2v) is 8.49. The fraction of sp³-hybridized carbons (Fsp3) is 0.500. The van der Waals surface area contributed by atoms with Crippen LogP contribution in [0.2, 0.25) is 0 Å². The summed E-state index contributed by atoms with van der Waals surface area (Å²) in [6, 6.07) is 8.31. The minimum absolute atomic E-state index is 0.240. The van der Waals surface area contributed by atoms with Gasteiger partial charge in [-0.1, -0.05) is 17.7 Å². The van der Waals surface area contributed by atoms with Crippen LogP contribution >= 0.6 is 0 Å². The van der Waals surface area contributed by atoms with Crippen molar-refractivity contribution in [3.05, 3.63) is 50.7 Å². The SMILES string of the molecule is Cc1ccc(N2CCCn3c2nc2c3c(=O)n(CC[NH+]3CCOCC3)c(=O)n2C)cc1. The van der Waals surface area contributed by atoms with Crippen molar-refractivity contribution in [3.8, 4) is 0 Å². The quantitative estimate of drug-likeness (QED) is 0.619. The van der Waals surface area contributed by atoms with Crippen LogP contribution in [0, 0.1) is 6.92 Å². The number of imidazole rings is 1. The molecular formula is C22H29N6O3+. The molecule has 1 N–H and O–H groups in total. The van der Waals surface area contributed by atoms with Crippen molar-refractivity contribution in [1.82, 2.24) is 18.7 Å². The van der Waals surface area contributed by atoms with Crippen LogP contribution in [0.5, 0.6) is 0 Å². The van der Waals surface area contributed by atoms with Crippen molar-refractivity contribution >= 4 is 22.8 Å².